The Hall–Kier alpha value is -2.14. The van der Waals surface area contributed by atoms with Crippen molar-refractivity contribution in [3.05, 3.63) is 36.9 Å². The molecule has 2 rings (SSSR count). The van der Waals surface area contributed by atoms with Crippen LogP contribution in [0.25, 0.3) is 11.3 Å². The number of anilines is 1. The maximum absolute atomic E-state index is 11.7. The number of amides is 1. The van der Waals surface area contributed by atoms with Crippen molar-refractivity contribution in [1.82, 2.24) is 10.3 Å². The number of aromatic nitrogens is 1. The van der Waals surface area contributed by atoms with Gasteiger partial charge in [-0.15, -0.1) is 0 Å². The summed E-state index contributed by atoms with van der Waals surface area (Å²) in [6.45, 7) is 0.839. The third-order valence-electron chi connectivity index (χ3n) is 2.69. The molecule has 0 saturated heterocycles. The molecule has 0 aliphatic carbocycles. The van der Waals surface area contributed by atoms with Gasteiger partial charge in [-0.05, 0) is 32.1 Å². The van der Waals surface area contributed by atoms with Crippen molar-refractivity contribution in [2.75, 3.05) is 18.9 Å². The second-order valence-corrected chi connectivity index (χ2v) is 4.20. The Labute approximate surface area is 112 Å². The van der Waals surface area contributed by atoms with E-state index in [1.54, 1.807) is 6.20 Å². The van der Waals surface area contributed by atoms with E-state index in [-0.39, 0.29) is 5.91 Å². The van der Waals surface area contributed by atoms with E-state index in [1.165, 1.54) is 6.39 Å². The van der Waals surface area contributed by atoms with E-state index in [0.29, 0.717) is 12.2 Å². The lowest BCUT2D eigenvalue weighted by atomic mass is 10.1. The van der Waals surface area contributed by atoms with E-state index in [1.807, 2.05) is 31.3 Å². The minimum absolute atomic E-state index is 0.0185. The number of carbonyl (C=O) groups is 1. The van der Waals surface area contributed by atoms with Crippen molar-refractivity contribution in [3.8, 4) is 11.3 Å². The molecule has 0 radical (unpaired) electrons. The molecule has 1 heterocycles. The predicted molar refractivity (Wildman–Crippen MR) is 73.7 cm³/mol. The number of nitrogens with zero attached hydrogens (tertiary/aromatic N) is 1. The van der Waals surface area contributed by atoms with Gasteiger partial charge in [0, 0.05) is 17.7 Å². The van der Waals surface area contributed by atoms with Crippen LogP contribution >= 0.6 is 0 Å². The molecule has 0 atom stereocenters. The highest BCUT2D eigenvalue weighted by Gasteiger charge is 2.05. The van der Waals surface area contributed by atoms with Crippen LogP contribution in [0.4, 0.5) is 5.69 Å². The first-order chi connectivity index (χ1) is 9.29. The fourth-order valence-electron chi connectivity index (χ4n) is 1.76. The van der Waals surface area contributed by atoms with Crippen molar-refractivity contribution < 1.29 is 9.21 Å². The van der Waals surface area contributed by atoms with Crippen LogP contribution in [0.2, 0.25) is 0 Å². The Kier molecular flexibility index (Phi) is 4.69. The van der Waals surface area contributed by atoms with Crippen molar-refractivity contribution in [1.29, 1.82) is 0 Å². The highest BCUT2D eigenvalue weighted by molar-refractivity contribution is 5.91. The third kappa shape index (κ3) is 3.93. The highest BCUT2D eigenvalue weighted by Crippen LogP contribution is 2.22. The summed E-state index contributed by atoms with van der Waals surface area (Å²) in [5.74, 6) is 0.705. The van der Waals surface area contributed by atoms with Gasteiger partial charge in [-0.25, -0.2) is 4.98 Å². The molecule has 1 aromatic heterocycles. The van der Waals surface area contributed by atoms with E-state index in [9.17, 15) is 4.79 Å². The van der Waals surface area contributed by atoms with Gasteiger partial charge in [-0.2, -0.15) is 0 Å². The highest BCUT2D eigenvalue weighted by atomic mass is 16.3. The van der Waals surface area contributed by atoms with Gasteiger partial charge in [0.25, 0.3) is 0 Å². The van der Waals surface area contributed by atoms with E-state index in [0.717, 1.165) is 24.2 Å². The Morgan fingerprint density at radius 1 is 1.42 bits per heavy atom. The predicted octanol–water partition coefficient (Wildman–Crippen LogP) is 2.28. The monoisotopic (exact) mass is 259 g/mol. The number of benzene rings is 1. The average Bonchev–Trinajstić information content (AvgIpc) is 2.93. The summed E-state index contributed by atoms with van der Waals surface area (Å²) in [5, 5.41) is 5.89. The summed E-state index contributed by atoms with van der Waals surface area (Å²) >= 11 is 0. The summed E-state index contributed by atoms with van der Waals surface area (Å²) in [7, 11) is 1.87. The van der Waals surface area contributed by atoms with Crippen LogP contribution < -0.4 is 10.6 Å². The lowest BCUT2D eigenvalue weighted by molar-refractivity contribution is -0.116. The van der Waals surface area contributed by atoms with Crippen LogP contribution in [0.3, 0.4) is 0 Å². The van der Waals surface area contributed by atoms with Gasteiger partial charge >= 0.3 is 0 Å². The van der Waals surface area contributed by atoms with E-state index >= 15 is 0 Å². The molecule has 0 unspecified atom stereocenters. The Balaban J connectivity index is 1.97. The molecule has 0 fully saturated rings. The van der Waals surface area contributed by atoms with Gasteiger partial charge in [-0.3, -0.25) is 4.79 Å². The van der Waals surface area contributed by atoms with Crippen LogP contribution in [-0.2, 0) is 4.79 Å². The van der Waals surface area contributed by atoms with E-state index in [4.69, 9.17) is 4.42 Å². The first-order valence-electron chi connectivity index (χ1n) is 6.23. The quantitative estimate of drug-likeness (QED) is 0.781. The normalized spacial score (nSPS) is 10.4. The molecular formula is C14H17N3O2. The molecule has 0 aliphatic rings. The topological polar surface area (TPSA) is 67.2 Å². The molecule has 0 bridgehead atoms. The zero-order chi connectivity index (χ0) is 13.5. The lowest BCUT2D eigenvalue weighted by Gasteiger charge is -2.06. The second kappa shape index (κ2) is 6.70. The zero-order valence-electron chi connectivity index (χ0n) is 10.8. The van der Waals surface area contributed by atoms with Crippen LogP contribution in [0.5, 0.6) is 0 Å². The van der Waals surface area contributed by atoms with Crippen molar-refractivity contribution in [3.63, 3.8) is 0 Å². The summed E-state index contributed by atoms with van der Waals surface area (Å²) in [4.78, 5) is 15.6. The Morgan fingerprint density at radius 3 is 3.05 bits per heavy atom. The number of rotatable bonds is 6. The average molecular weight is 259 g/mol. The number of nitrogens with one attached hydrogen (secondary N) is 2. The first-order valence-corrected chi connectivity index (χ1v) is 6.23. The van der Waals surface area contributed by atoms with Gasteiger partial charge in [0.2, 0.25) is 5.91 Å². The summed E-state index contributed by atoms with van der Waals surface area (Å²) in [6.07, 6.45) is 4.36. The number of hydrogen-bond donors (Lipinski definition) is 2. The summed E-state index contributed by atoms with van der Waals surface area (Å²) in [6, 6.07) is 7.52. The zero-order valence-corrected chi connectivity index (χ0v) is 10.8. The van der Waals surface area contributed by atoms with Crippen LogP contribution in [0, 0.1) is 0 Å². The van der Waals surface area contributed by atoms with E-state index in [2.05, 4.69) is 15.6 Å². The molecule has 1 aromatic carbocycles. The molecule has 0 saturated carbocycles. The smallest absolute Gasteiger partial charge is 0.224 e. The molecule has 19 heavy (non-hydrogen) atoms. The molecule has 5 heteroatoms. The molecule has 0 spiro atoms. The maximum Gasteiger partial charge on any atom is 0.224 e. The van der Waals surface area contributed by atoms with Gasteiger partial charge in [0.15, 0.2) is 12.2 Å². The molecule has 5 nitrogen and oxygen atoms in total. The molecule has 2 aromatic rings. The second-order valence-electron chi connectivity index (χ2n) is 4.20. The minimum Gasteiger partial charge on any atom is -0.444 e. The maximum atomic E-state index is 11.7. The summed E-state index contributed by atoms with van der Waals surface area (Å²) in [5.41, 5.74) is 1.66. The van der Waals surface area contributed by atoms with Gasteiger partial charge < -0.3 is 15.1 Å². The third-order valence-corrected chi connectivity index (χ3v) is 2.69. The number of oxazole rings is 1. The van der Waals surface area contributed by atoms with Crippen LogP contribution in [0.1, 0.15) is 12.8 Å². The molecule has 0 aliphatic heterocycles. The largest absolute Gasteiger partial charge is 0.444 e. The SMILES string of the molecule is CNCCCC(=O)Nc1cccc(-c2cnco2)c1. The first kappa shape index (κ1) is 13.3. The van der Waals surface area contributed by atoms with Crippen molar-refractivity contribution >= 4 is 11.6 Å². The van der Waals surface area contributed by atoms with E-state index < -0.39 is 0 Å². The Bertz CT molecular complexity index is 523. The van der Waals surface area contributed by atoms with Crippen LogP contribution in [-0.4, -0.2) is 24.5 Å². The molecular weight excluding hydrogens is 242 g/mol. The van der Waals surface area contributed by atoms with Crippen molar-refractivity contribution in [2.45, 2.75) is 12.8 Å². The molecule has 100 valence electrons. The van der Waals surface area contributed by atoms with Crippen LogP contribution in [0.15, 0.2) is 41.3 Å². The van der Waals surface area contributed by atoms with Crippen molar-refractivity contribution in [2.24, 2.45) is 0 Å². The fraction of sp³-hybridized carbons (Fsp3) is 0.286. The Morgan fingerprint density at radius 2 is 2.32 bits per heavy atom. The number of hydrogen-bond acceptors (Lipinski definition) is 4. The molecule has 1 amide bonds. The summed E-state index contributed by atoms with van der Waals surface area (Å²) < 4.78 is 5.23. The lowest BCUT2D eigenvalue weighted by Crippen LogP contribution is -2.15. The minimum atomic E-state index is 0.0185. The molecule has 2 N–H and O–H groups in total. The van der Waals surface area contributed by atoms with Gasteiger partial charge in [0.05, 0.1) is 6.20 Å². The van der Waals surface area contributed by atoms with Gasteiger partial charge in [-0.1, -0.05) is 12.1 Å². The standard InChI is InChI=1S/C14H17N3O2/c1-15-7-3-6-14(18)17-12-5-2-4-11(8-12)13-9-16-10-19-13/h2,4-5,8-10,15H,3,6-7H2,1H3,(H,17,18). The fourth-order valence-corrected chi connectivity index (χ4v) is 1.76. The number of carbonyl (C=O) groups excluding carboxylic acids is 1. The van der Waals surface area contributed by atoms with Gasteiger partial charge in [0.1, 0.15) is 0 Å².